The largest absolute Gasteiger partial charge is 0.372 e. The second kappa shape index (κ2) is 6.82. The summed E-state index contributed by atoms with van der Waals surface area (Å²) in [5, 5.41) is 13.0. The minimum atomic E-state index is -2.11. The van der Waals surface area contributed by atoms with Gasteiger partial charge in [0, 0.05) is 37.1 Å². The Bertz CT molecular complexity index is 608. The van der Waals surface area contributed by atoms with Gasteiger partial charge in [0.15, 0.2) is 0 Å². The molecule has 0 bridgehead atoms. The van der Waals surface area contributed by atoms with E-state index in [0.717, 1.165) is 6.07 Å². The first-order valence-electron chi connectivity index (χ1n) is 7.24. The molecule has 8 heteroatoms. The molecule has 2 amide bonds. The van der Waals surface area contributed by atoms with E-state index in [4.69, 9.17) is 17.3 Å². The lowest BCUT2D eigenvalue weighted by Crippen LogP contribution is -2.54. The van der Waals surface area contributed by atoms with Crippen molar-refractivity contribution in [3.63, 3.8) is 0 Å². The molecule has 1 aromatic carbocycles. The second-order valence-corrected chi connectivity index (χ2v) is 6.09. The summed E-state index contributed by atoms with van der Waals surface area (Å²) < 4.78 is 13.3. The van der Waals surface area contributed by atoms with E-state index < -0.39 is 23.2 Å². The average molecular weight is 344 g/mol. The smallest absolute Gasteiger partial charge is 0.264 e. The maximum Gasteiger partial charge on any atom is 0.264 e. The fourth-order valence-corrected chi connectivity index (χ4v) is 2.77. The molecule has 1 aromatic rings. The van der Waals surface area contributed by atoms with Crippen LogP contribution in [-0.2, 0) is 16.1 Å². The predicted octanol–water partition coefficient (Wildman–Crippen LogP) is 0.406. The number of halogens is 2. The van der Waals surface area contributed by atoms with E-state index >= 15 is 0 Å². The Labute approximate surface area is 138 Å². The molecule has 0 spiro atoms. The van der Waals surface area contributed by atoms with Gasteiger partial charge in [0.25, 0.3) is 11.8 Å². The number of carbonyl (C=O) groups excluding carboxylic acids is 2. The van der Waals surface area contributed by atoms with Crippen molar-refractivity contribution in [1.29, 1.82) is 0 Å². The number of rotatable bonds is 5. The quantitative estimate of drug-likeness (QED) is 0.675. The Morgan fingerprint density at radius 3 is 2.87 bits per heavy atom. The molecule has 1 heterocycles. The number of amides is 2. The third-order valence-corrected chi connectivity index (χ3v) is 4.17. The van der Waals surface area contributed by atoms with Crippen LogP contribution in [0.1, 0.15) is 18.9 Å². The van der Waals surface area contributed by atoms with Gasteiger partial charge in [0.05, 0.1) is 0 Å². The first-order valence-corrected chi connectivity index (χ1v) is 7.62. The summed E-state index contributed by atoms with van der Waals surface area (Å²) in [5.74, 6) is -2.00. The van der Waals surface area contributed by atoms with Gasteiger partial charge >= 0.3 is 0 Å². The molecule has 6 nitrogen and oxygen atoms in total. The maximum atomic E-state index is 13.3. The van der Waals surface area contributed by atoms with Crippen molar-refractivity contribution in [3.8, 4) is 0 Å². The lowest BCUT2D eigenvalue weighted by molar-refractivity contribution is -0.155. The van der Waals surface area contributed by atoms with Gasteiger partial charge in [-0.2, -0.15) is 0 Å². The van der Waals surface area contributed by atoms with Crippen LogP contribution in [0.25, 0.3) is 0 Å². The Hall–Kier alpha value is -1.70. The van der Waals surface area contributed by atoms with Crippen molar-refractivity contribution in [2.24, 2.45) is 5.73 Å². The fraction of sp³-hybridized carbons (Fsp3) is 0.467. The zero-order chi connectivity index (χ0) is 17.2. The van der Waals surface area contributed by atoms with Crippen LogP contribution in [0, 0.1) is 5.82 Å². The van der Waals surface area contributed by atoms with Gasteiger partial charge in [0.2, 0.25) is 5.60 Å². The summed E-state index contributed by atoms with van der Waals surface area (Å²) in [7, 11) is 0. The molecule has 2 atom stereocenters. The topological polar surface area (TPSA) is 95.7 Å². The number of nitrogens with two attached hydrogens (primary N) is 1. The summed E-state index contributed by atoms with van der Waals surface area (Å²) in [4.78, 5) is 25.9. The van der Waals surface area contributed by atoms with Crippen LogP contribution in [0.5, 0.6) is 0 Å². The highest BCUT2D eigenvalue weighted by Crippen LogP contribution is 2.25. The Morgan fingerprint density at radius 1 is 1.57 bits per heavy atom. The van der Waals surface area contributed by atoms with Crippen LogP contribution >= 0.6 is 11.6 Å². The van der Waals surface area contributed by atoms with Crippen LogP contribution in [0.3, 0.4) is 0 Å². The zero-order valence-corrected chi connectivity index (χ0v) is 13.4. The van der Waals surface area contributed by atoms with Crippen molar-refractivity contribution in [1.82, 2.24) is 10.2 Å². The van der Waals surface area contributed by atoms with Gasteiger partial charge in [-0.05, 0) is 30.7 Å². The molecule has 126 valence electrons. The van der Waals surface area contributed by atoms with E-state index in [1.54, 1.807) is 6.92 Å². The summed E-state index contributed by atoms with van der Waals surface area (Å²) in [6, 6.07) is 3.60. The number of hydrogen-bond donors (Lipinski definition) is 3. The van der Waals surface area contributed by atoms with E-state index in [0.29, 0.717) is 5.56 Å². The number of likely N-dealkylation sites (tertiary alicyclic amines) is 1. The number of benzene rings is 1. The number of nitrogens with one attached hydrogen (secondary N) is 1. The van der Waals surface area contributed by atoms with Crippen LogP contribution < -0.4 is 11.1 Å². The van der Waals surface area contributed by atoms with E-state index in [-0.39, 0.29) is 37.1 Å². The highest BCUT2D eigenvalue weighted by Gasteiger charge is 2.52. The van der Waals surface area contributed by atoms with Gasteiger partial charge in [0.1, 0.15) is 5.82 Å². The average Bonchev–Trinajstić information content (AvgIpc) is 2.80. The normalized spacial score (nSPS) is 22.3. The Morgan fingerprint density at radius 2 is 2.26 bits per heavy atom. The lowest BCUT2D eigenvalue weighted by atomic mass is 10.0. The van der Waals surface area contributed by atoms with Crippen LogP contribution in [0.4, 0.5) is 4.39 Å². The van der Waals surface area contributed by atoms with E-state index in [1.165, 1.54) is 17.0 Å². The minimum Gasteiger partial charge on any atom is -0.372 e. The minimum absolute atomic E-state index is 0.00802. The van der Waals surface area contributed by atoms with Crippen LogP contribution in [0.2, 0.25) is 5.02 Å². The monoisotopic (exact) mass is 343 g/mol. The highest BCUT2D eigenvalue weighted by atomic mass is 35.5. The number of nitrogens with zero attached hydrogens (tertiary/aromatic N) is 1. The molecular formula is C15H19ClFN3O3. The lowest BCUT2D eigenvalue weighted by Gasteiger charge is -2.25. The van der Waals surface area contributed by atoms with Crippen molar-refractivity contribution in [2.75, 3.05) is 13.1 Å². The van der Waals surface area contributed by atoms with Gasteiger partial charge < -0.3 is 21.1 Å². The van der Waals surface area contributed by atoms with E-state index in [9.17, 15) is 19.1 Å². The molecule has 2 unspecified atom stereocenters. The molecule has 1 fully saturated rings. The molecule has 1 aliphatic heterocycles. The number of aliphatic hydroxyl groups is 1. The Balaban J connectivity index is 2.04. The van der Waals surface area contributed by atoms with Gasteiger partial charge in [-0.15, -0.1) is 0 Å². The molecule has 4 N–H and O–H groups in total. The third kappa shape index (κ3) is 3.63. The van der Waals surface area contributed by atoms with Crippen molar-refractivity contribution >= 4 is 23.4 Å². The summed E-state index contributed by atoms with van der Waals surface area (Å²) in [5.41, 5.74) is 3.84. The fourth-order valence-electron chi connectivity index (χ4n) is 2.53. The first kappa shape index (κ1) is 17.7. The van der Waals surface area contributed by atoms with Gasteiger partial charge in [-0.1, -0.05) is 11.6 Å². The zero-order valence-electron chi connectivity index (χ0n) is 12.7. The second-order valence-electron chi connectivity index (χ2n) is 5.65. The van der Waals surface area contributed by atoms with Crippen LogP contribution in [-0.4, -0.2) is 46.6 Å². The molecule has 0 aromatic heterocycles. The standard InChI is InChI=1S/C15H19ClFN3O3/c1-9(7-18)20-3-2-15(23,14(20)22)13(21)19-8-10-4-11(16)6-12(17)5-10/h4-6,9,23H,2-3,7-8,18H2,1H3,(H,19,21). The highest BCUT2D eigenvalue weighted by molar-refractivity contribution is 6.30. The molecule has 23 heavy (non-hydrogen) atoms. The van der Waals surface area contributed by atoms with E-state index in [1.807, 2.05) is 0 Å². The number of hydrogen-bond acceptors (Lipinski definition) is 4. The summed E-state index contributed by atoms with van der Waals surface area (Å²) in [6.45, 7) is 2.20. The SMILES string of the molecule is CC(CN)N1CCC(O)(C(=O)NCc2cc(F)cc(Cl)c2)C1=O. The third-order valence-electron chi connectivity index (χ3n) is 3.95. The number of carbonyl (C=O) groups is 2. The maximum absolute atomic E-state index is 13.3. The molecule has 0 radical (unpaired) electrons. The molecule has 1 aliphatic rings. The van der Waals surface area contributed by atoms with Crippen molar-refractivity contribution in [2.45, 2.75) is 31.5 Å². The van der Waals surface area contributed by atoms with Crippen molar-refractivity contribution in [3.05, 3.63) is 34.6 Å². The summed E-state index contributed by atoms with van der Waals surface area (Å²) in [6.07, 6.45) is -0.00802. The molecular weight excluding hydrogens is 325 g/mol. The van der Waals surface area contributed by atoms with E-state index in [2.05, 4.69) is 5.32 Å². The summed E-state index contributed by atoms with van der Waals surface area (Å²) >= 11 is 5.74. The molecule has 1 saturated heterocycles. The van der Waals surface area contributed by atoms with Crippen LogP contribution in [0.15, 0.2) is 18.2 Å². The molecule has 0 saturated carbocycles. The van der Waals surface area contributed by atoms with Crippen molar-refractivity contribution < 1.29 is 19.1 Å². The predicted molar refractivity (Wildman–Crippen MR) is 83.1 cm³/mol. The van der Waals surface area contributed by atoms with Gasteiger partial charge in [-0.3, -0.25) is 9.59 Å². The molecule has 2 rings (SSSR count). The first-order chi connectivity index (χ1) is 10.8. The van der Waals surface area contributed by atoms with Gasteiger partial charge in [-0.25, -0.2) is 4.39 Å². The Kier molecular flexibility index (Phi) is 5.23. The molecule has 0 aliphatic carbocycles.